The van der Waals surface area contributed by atoms with Gasteiger partial charge in [-0.2, -0.15) is 0 Å². The van der Waals surface area contributed by atoms with E-state index >= 15 is 0 Å². The van der Waals surface area contributed by atoms with Gasteiger partial charge in [0.25, 0.3) is 0 Å². The number of hydrogen-bond donors (Lipinski definition) is 0. The Balaban J connectivity index is 2.07. The molecule has 0 amide bonds. The minimum Gasteiger partial charge on any atom is -0.381 e. The standard InChI is InChI=1S/C10H12Br2OS/c11-8-3-6-14-10(8)9(12)7-1-4-13-5-2-7/h3,6-7,9H,1-2,4-5H2. The Bertz CT molecular complexity index is 294. The van der Waals surface area contributed by atoms with Crippen molar-refractivity contribution in [3.8, 4) is 0 Å². The molecular formula is C10H12Br2OS. The van der Waals surface area contributed by atoms with Gasteiger partial charge in [0.2, 0.25) is 0 Å². The summed E-state index contributed by atoms with van der Waals surface area (Å²) >= 11 is 9.20. The molecule has 4 heteroatoms. The van der Waals surface area contributed by atoms with Gasteiger partial charge in [-0.3, -0.25) is 0 Å². The van der Waals surface area contributed by atoms with Crippen LogP contribution in [0, 0.1) is 5.92 Å². The molecule has 1 atom stereocenters. The quantitative estimate of drug-likeness (QED) is 0.727. The second-order valence-corrected chi connectivity index (χ2v) is 6.27. The van der Waals surface area contributed by atoms with Crippen molar-refractivity contribution < 1.29 is 4.74 Å². The fraction of sp³-hybridized carbons (Fsp3) is 0.600. The summed E-state index contributed by atoms with van der Waals surface area (Å²) in [5, 5.41) is 2.13. The molecule has 0 radical (unpaired) electrons. The first-order chi connectivity index (χ1) is 6.79. The molecule has 1 nitrogen and oxygen atoms in total. The molecule has 1 aliphatic rings. The summed E-state index contributed by atoms with van der Waals surface area (Å²) < 4.78 is 6.60. The molecule has 1 aliphatic heterocycles. The Hall–Kier alpha value is 0.620. The maximum atomic E-state index is 5.37. The summed E-state index contributed by atoms with van der Waals surface area (Å²) in [6.45, 7) is 1.82. The average Bonchev–Trinajstić information content (AvgIpc) is 2.65. The number of rotatable bonds is 2. The Morgan fingerprint density at radius 3 is 2.71 bits per heavy atom. The fourth-order valence-electron chi connectivity index (χ4n) is 1.72. The second-order valence-electron chi connectivity index (χ2n) is 3.48. The molecule has 2 heterocycles. The lowest BCUT2D eigenvalue weighted by molar-refractivity contribution is 0.0664. The van der Waals surface area contributed by atoms with E-state index in [1.165, 1.54) is 22.2 Å². The van der Waals surface area contributed by atoms with Gasteiger partial charge >= 0.3 is 0 Å². The predicted molar refractivity (Wildman–Crippen MR) is 67.2 cm³/mol. The van der Waals surface area contributed by atoms with Crippen LogP contribution in [0.3, 0.4) is 0 Å². The van der Waals surface area contributed by atoms with E-state index < -0.39 is 0 Å². The number of halogens is 2. The van der Waals surface area contributed by atoms with Gasteiger partial charge in [-0.1, -0.05) is 15.9 Å². The van der Waals surface area contributed by atoms with Gasteiger partial charge in [0.05, 0.1) is 4.83 Å². The lowest BCUT2D eigenvalue weighted by atomic mass is 9.96. The first-order valence-corrected chi connectivity index (χ1v) is 7.32. The Labute approximate surface area is 105 Å². The highest BCUT2D eigenvalue weighted by atomic mass is 79.9. The SMILES string of the molecule is Brc1ccsc1C(Br)C1CCOCC1. The third-order valence-electron chi connectivity index (χ3n) is 2.58. The van der Waals surface area contributed by atoms with E-state index in [0.29, 0.717) is 4.83 Å². The van der Waals surface area contributed by atoms with Crippen molar-refractivity contribution in [3.05, 3.63) is 20.8 Å². The van der Waals surface area contributed by atoms with E-state index in [0.717, 1.165) is 19.1 Å². The average molecular weight is 340 g/mol. The largest absolute Gasteiger partial charge is 0.381 e. The van der Waals surface area contributed by atoms with Gasteiger partial charge in [0.1, 0.15) is 0 Å². The molecule has 0 bridgehead atoms. The van der Waals surface area contributed by atoms with Crippen molar-refractivity contribution in [2.45, 2.75) is 17.7 Å². The number of ether oxygens (including phenoxy) is 1. The molecule has 0 aromatic carbocycles. The second kappa shape index (κ2) is 5.10. The van der Waals surface area contributed by atoms with Crippen molar-refractivity contribution in [1.29, 1.82) is 0 Å². The highest BCUT2D eigenvalue weighted by Gasteiger charge is 2.25. The predicted octanol–water partition coefficient (Wildman–Crippen LogP) is 4.37. The van der Waals surface area contributed by atoms with Crippen molar-refractivity contribution in [1.82, 2.24) is 0 Å². The minimum atomic E-state index is 0.487. The molecule has 1 aromatic heterocycles. The summed E-state index contributed by atoms with van der Waals surface area (Å²) in [5.74, 6) is 0.721. The fourth-order valence-corrected chi connectivity index (χ4v) is 4.82. The van der Waals surface area contributed by atoms with Gasteiger partial charge in [-0.15, -0.1) is 11.3 Å². The topological polar surface area (TPSA) is 9.23 Å². The number of hydrogen-bond acceptors (Lipinski definition) is 2. The van der Waals surface area contributed by atoms with E-state index in [1.54, 1.807) is 0 Å². The number of alkyl halides is 1. The molecule has 2 rings (SSSR count). The summed E-state index contributed by atoms with van der Waals surface area (Å²) in [7, 11) is 0. The first-order valence-electron chi connectivity index (χ1n) is 4.73. The zero-order valence-corrected chi connectivity index (χ0v) is 11.7. The first kappa shape index (κ1) is 11.1. The zero-order valence-electron chi connectivity index (χ0n) is 7.71. The Kier molecular flexibility index (Phi) is 4.05. The van der Waals surface area contributed by atoms with Crippen molar-refractivity contribution >= 4 is 43.2 Å². The molecule has 0 N–H and O–H groups in total. The van der Waals surface area contributed by atoms with Crippen LogP contribution in [-0.4, -0.2) is 13.2 Å². The van der Waals surface area contributed by atoms with Crippen LogP contribution in [-0.2, 0) is 4.74 Å². The van der Waals surface area contributed by atoms with Crippen LogP contribution in [0.5, 0.6) is 0 Å². The van der Waals surface area contributed by atoms with Gasteiger partial charge < -0.3 is 4.74 Å². The molecule has 1 aromatic rings. The van der Waals surface area contributed by atoms with E-state index in [1.807, 2.05) is 11.3 Å². The lowest BCUT2D eigenvalue weighted by Gasteiger charge is -2.26. The maximum Gasteiger partial charge on any atom is 0.0530 e. The van der Waals surface area contributed by atoms with Crippen molar-refractivity contribution in [3.63, 3.8) is 0 Å². The smallest absolute Gasteiger partial charge is 0.0530 e. The highest BCUT2D eigenvalue weighted by Crippen LogP contribution is 2.42. The zero-order chi connectivity index (χ0) is 9.97. The molecule has 0 saturated carbocycles. The summed E-state index contributed by atoms with van der Waals surface area (Å²) in [4.78, 5) is 1.90. The Morgan fingerprint density at radius 2 is 2.14 bits per heavy atom. The van der Waals surface area contributed by atoms with Crippen LogP contribution in [0.15, 0.2) is 15.9 Å². The van der Waals surface area contributed by atoms with E-state index in [2.05, 4.69) is 43.3 Å². The van der Waals surface area contributed by atoms with Crippen LogP contribution in [0.1, 0.15) is 22.5 Å². The summed E-state index contributed by atoms with van der Waals surface area (Å²) in [5.41, 5.74) is 0. The van der Waals surface area contributed by atoms with Crippen LogP contribution >= 0.6 is 43.2 Å². The Morgan fingerprint density at radius 1 is 1.43 bits per heavy atom. The van der Waals surface area contributed by atoms with Gasteiger partial charge in [-0.25, -0.2) is 0 Å². The molecule has 14 heavy (non-hydrogen) atoms. The lowest BCUT2D eigenvalue weighted by Crippen LogP contribution is -2.18. The molecule has 0 aliphatic carbocycles. The third kappa shape index (κ3) is 2.40. The summed E-state index contributed by atoms with van der Waals surface area (Å²) in [6.07, 6.45) is 2.33. The van der Waals surface area contributed by atoms with Crippen LogP contribution in [0.25, 0.3) is 0 Å². The summed E-state index contributed by atoms with van der Waals surface area (Å²) in [6, 6.07) is 2.12. The monoisotopic (exact) mass is 338 g/mol. The van der Waals surface area contributed by atoms with E-state index in [4.69, 9.17) is 4.74 Å². The maximum absolute atomic E-state index is 5.37. The molecule has 1 unspecified atom stereocenters. The molecular weight excluding hydrogens is 328 g/mol. The molecule has 1 saturated heterocycles. The van der Waals surface area contributed by atoms with Crippen LogP contribution < -0.4 is 0 Å². The molecule has 78 valence electrons. The third-order valence-corrected chi connectivity index (χ3v) is 6.04. The number of thiophene rings is 1. The molecule has 0 spiro atoms. The van der Waals surface area contributed by atoms with E-state index in [9.17, 15) is 0 Å². The minimum absolute atomic E-state index is 0.487. The van der Waals surface area contributed by atoms with Gasteiger partial charge in [0.15, 0.2) is 0 Å². The highest BCUT2D eigenvalue weighted by molar-refractivity contribution is 9.11. The normalized spacial score (nSPS) is 21.0. The van der Waals surface area contributed by atoms with Crippen LogP contribution in [0.2, 0.25) is 0 Å². The van der Waals surface area contributed by atoms with Crippen molar-refractivity contribution in [2.75, 3.05) is 13.2 Å². The van der Waals surface area contributed by atoms with Gasteiger partial charge in [-0.05, 0) is 46.1 Å². The van der Waals surface area contributed by atoms with Crippen molar-refractivity contribution in [2.24, 2.45) is 5.92 Å². The van der Waals surface area contributed by atoms with Crippen LogP contribution in [0.4, 0.5) is 0 Å². The van der Waals surface area contributed by atoms with E-state index in [-0.39, 0.29) is 0 Å². The van der Waals surface area contributed by atoms with Gasteiger partial charge in [0, 0.05) is 22.6 Å². The molecule has 1 fully saturated rings.